The fourth-order valence-electron chi connectivity index (χ4n) is 1.69. The van der Waals surface area contributed by atoms with Crippen LogP contribution >= 0.6 is 0 Å². The molecule has 2 nitrogen and oxygen atoms in total. The molecular weight excluding hydrogens is 162 g/mol. The molecule has 0 aromatic carbocycles. The van der Waals surface area contributed by atoms with Gasteiger partial charge in [-0.15, -0.1) is 0 Å². The van der Waals surface area contributed by atoms with Crippen LogP contribution in [-0.2, 0) is 4.74 Å². The Morgan fingerprint density at radius 3 is 1.92 bits per heavy atom. The number of hydrogen-bond donors (Lipinski definition) is 1. The van der Waals surface area contributed by atoms with Crippen molar-refractivity contribution < 1.29 is 4.74 Å². The largest absolute Gasteiger partial charge is 0.374 e. The summed E-state index contributed by atoms with van der Waals surface area (Å²) in [6.45, 7) is 13.5. The first kappa shape index (κ1) is 12.9. The molecule has 0 fully saturated rings. The van der Waals surface area contributed by atoms with Crippen molar-refractivity contribution in [2.75, 3.05) is 6.61 Å². The Morgan fingerprint density at radius 2 is 1.62 bits per heavy atom. The molecule has 0 aliphatic heterocycles. The first-order valence-corrected chi connectivity index (χ1v) is 5.02. The molecule has 0 saturated heterocycles. The maximum Gasteiger partial charge on any atom is 0.0632 e. The fourth-order valence-corrected chi connectivity index (χ4v) is 1.69. The standard InChI is InChI=1S/C11H25NO/c1-9(12)7-13-11(5,6)8-10(2,3)4/h9H,7-8,12H2,1-6H3. The van der Waals surface area contributed by atoms with Gasteiger partial charge in [0.25, 0.3) is 0 Å². The molecule has 0 radical (unpaired) electrons. The Bertz CT molecular complexity index is 145. The molecule has 0 spiro atoms. The minimum atomic E-state index is -0.0636. The van der Waals surface area contributed by atoms with Crippen molar-refractivity contribution in [2.45, 2.75) is 59.6 Å². The van der Waals surface area contributed by atoms with E-state index < -0.39 is 0 Å². The van der Waals surface area contributed by atoms with Gasteiger partial charge in [-0.3, -0.25) is 0 Å². The molecule has 0 saturated carbocycles. The Morgan fingerprint density at radius 1 is 1.15 bits per heavy atom. The Balaban J connectivity index is 3.94. The smallest absolute Gasteiger partial charge is 0.0632 e. The highest BCUT2D eigenvalue weighted by Crippen LogP contribution is 2.29. The molecule has 1 atom stereocenters. The van der Waals surface area contributed by atoms with Crippen LogP contribution in [0.5, 0.6) is 0 Å². The van der Waals surface area contributed by atoms with E-state index in [9.17, 15) is 0 Å². The van der Waals surface area contributed by atoms with Gasteiger partial charge in [0.15, 0.2) is 0 Å². The third-order valence-corrected chi connectivity index (χ3v) is 1.69. The summed E-state index contributed by atoms with van der Waals surface area (Å²) < 4.78 is 5.74. The Hall–Kier alpha value is -0.0800. The highest BCUT2D eigenvalue weighted by molar-refractivity contribution is 4.77. The van der Waals surface area contributed by atoms with Gasteiger partial charge in [0, 0.05) is 6.04 Å². The van der Waals surface area contributed by atoms with Gasteiger partial charge in [0.1, 0.15) is 0 Å². The maximum absolute atomic E-state index is 5.74. The van der Waals surface area contributed by atoms with Crippen molar-refractivity contribution in [1.29, 1.82) is 0 Å². The van der Waals surface area contributed by atoms with Gasteiger partial charge >= 0.3 is 0 Å². The van der Waals surface area contributed by atoms with Gasteiger partial charge < -0.3 is 10.5 Å². The zero-order chi connectivity index (χ0) is 10.7. The van der Waals surface area contributed by atoms with Crippen molar-refractivity contribution in [3.63, 3.8) is 0 Å². The first-order valence-electron chi connectivity index (χ1n) is 5.02. The minimum Gasteiger partial charge on any atom is -0.374 e. The molecule has 13 heavy (non-hydrogen) atoms. The average Bonchev–Trinajstić information content (AvgIpc) is 1.78. The summed E-state index contributed by atoms with van der Waals surface area (Å²) in [5, 5.41) is 0. The second-order valence-corrected chi connectivity index (χ2v) is 5.79. The van der Waals surface area contributed by atoms with Crippen LogP contribution < -0.4 is 5.73 Å². The summed E-state index contributed by atoms with van der Waals surface area (Å²) in [5.74, 6) is 0. The molecular formula is C11H25NO. The molecule has 0 aromatic heterocycles. The molecule has 0 aromatic rings. The van der Waals surface area contributed by atoms with E-state index in [4.69, 9.17) is 10.5 Å². The van der Waals surface area contributed by atoms with E-state index in [0.717, 1.165) is 6.42 Å². The second kappa shape index (κ2) is 4.43. The van der Waals surface area contributed by atoms with Gasteiger partial charge in [0.2, 0.25) is 0 Å². The van der Waals surface area contributed by atoms with Crippen LogP contribution in [0.1, 0.15) is 48.0 Å². The summed E-state index contributed by atoms with van der Waals surface area (Å²) in [4.78, 5) is 0. The van der Waals surface area contributed by atoms with E-state index in [1.54, 1.807) is 0 Å². The van der Waals surface area contributed by atoms with Gasteiger partial charge in [-0.2, -0.15) is 0 Å². The van der Waals surface area contributed by atoms with Crippen LogP contribution in [-0.4, -0.2) is 18.2 Å². The average molecular weight is 187 g/mol. The normalized spacial score (nSPS) is 15.9. The highest BCUT2D eigenvalue weighted by Gasteiger charge is 2.26. The summed E-state index contributed by atoms with van der Waals surface area (Å²) >= 11 is 0. The number of rotatable bonds is 4. The summed E-state index contributed by atoms with van der Waals surface area (Å²) in [5.41, 5.74) is 5.88. The SMILES string of the molecule is CC(N)COC(C)(C)CC(C)(C)C. The first-order chi connectivity index (χ1) is 5.62. The van der Waals surface area contributed by atoms with E-state index in [-0.39, 0.29) is 11.6 Å². The number of nitrogens with two attached hydrogens (primary N) is 1. The van der Waals surface area contributed by atoms with E-state index in [0.29, 0.717) is 12.0 Å². The monoisotopic (exact) mass is 187 g/mol. The fraction of sp³-hybridized carbons (Fsp3) is 1.00. The lowest BCUT2D eigenvalue weighted by Crippen LogP contribution is -2.34. The zero-order valence-corrected chi connectivity index (χ0v) is 9.98. The Labute approximate surface area is 82.8 Å². The minimum absolute atomic E-state index is 0.0636. The van der Waals surface area contributed by atoms with Crippen molar-refractivity contribution in [1.82, 2.24) is 0 Å². The van der Waals surface area contributed by atoms with E-state index in [1.807, 2.05) is 6.92 Å². The van der Waals surface area contributed by atoms with Gasteiger partial charge in [-0.05, 0) is 32.6 Å². The third-order valence-electron chi connectivity index (χ3n) is 1.69. The molecule has 0 aliphatic carbocycles. The predicted octanol–water partition coefficient (Wildman–Crippen LogP) is 2.57. The quantitative estimate of drug-likeness (QED) is 0.734. The van der Waals surface area contributed by atoms with Crippen LogP contribution in [0.2, 0.25) is 0 Å². The van der Waals surface area contributed by atoms with Gasteiger partial charge in [-0.1, -0.05) is 20.8 Å². The van der Waals surface area contributed by atoms with Crippen LogP contribution in [0.25, 0.3) is 0 Å². The molecule has 0 amide bonds. The van der Waals surface area contributed by atoms with Crippen molar-refractivity contribution in [3.05, 3.63) is 0 Å². The summed E-state index contributed by atoms with van der Waals surface area (Å²) in [7, 11) is 0. The van der Waals surface area contributed by atoms with E-state index in [2.05, 4.69) is 34.6 Å². The van der Waals surface area contributed by atoms with Crippen LogP contribution in [0.4, 0.5) is 0 Å². The lowest BCUT2D eigenvalue weighted by molar-refractivity contribution is -0.0470. The molecule has 2 heteroatoms. The Kier molecular flexibility index (Phi) is 4.40. The molecule has 80 valence electrons. The topological polar surface area (TPSA) is 35.2 Å². The lowest BCUT2D eigenvalue weighted by atomic mass is 9.83. The van der Waals surface area contributed by atoms with E-state index in [1.165, 1.54) is 0 Å². The van der Waals surface area contributed by atoms with Crippen molar-refractivity contribution in [3.8, 4) is 0 Å². The lowest BCUT2D eigenvalue weighted by Gasteiger charge is -2.33. The van der Waals surface area contributed by atoms with Crippen molar-refractivity contribution >= 4 is 0 Å². The third kappa shape index (κ3) is 8.26. The number of ether oxygens (including phenoxy) is 1. The van der Waals surface area contributed by atoms with Gasteiger partial charge in [-0.25, -0.2) is 0 Å². The van der Waals surface area contributed by atoms with Crippen LogP contribution in [0.15, 0.2) is 0 Å². The van der Waals surface area contributed by atoms with Crippen LogP contribution in [0, 0.1) is 5.41 Å². The molecule has 0 heterocycles. The second-order valence-electron chi connectivity index (χ2n) is 5.79. The van der Waals surface area contributed by atoms with Gasteiger partial charge in [0.05, 0.1) is 12.2 Å². The molecule has 0 bridgehead atoms. The van der Waals surface area contributed by atoms with E-state index >= 15 is 0 Å². The highest BCUT2D eigenvalue weighted by atomic mass is 16.5. The van der Waals surface area contributed by atoms with Crippen LogP contribution in [0.3, 0.4) is 0 Å². The number of hydrogen-bond acceptors (Lipinski definition) is 2. The zero-order valence-electron chi connectivity index (χ0n) is 9.98. The summed E-state index contributed by atoms with van der Waals surface area (Å²) in [6, 6.07) is 0.124. The predicted molar refractivity (Wildman–Crippen MR) is 57.8 cm³/mol. The molecule has 1 unspecified atom stereocenters. The summed E-state index contributed by atoms with van der Waals surface area (Å²) in [6.07, 6.45) is 1.05. The molecule has 2 N–H and O–H groups in total. The molecule has 0 aliphatic rings. The maximum atomic E-state index is 5.74. The van der Waals surface area contributed by atoms with Crippen molar-refractivity contribution in [2.24, 2.45) is 11.1 Å². The molecule has 0 rings (SSSR count).